The Hall–Kier alpha value is -2.57. The molecule has 0 aliphatic heterocycles. The molecule has 0 saturated heterocycles. The lowest BCUT2D eigenvalue weighted by molar-refractivity contribution is -0.151. The molecule has 3 atom stereocenters. The Labute approximate surface area is 212 Å². The van der Waals surface area contributed by atoms with Gasteiger partial charge in [0.15, 0.2) is 0 Å². The third-order valence-electron chi connectivity index (χ3n) is 6.71. The van der Waals surface area contributed by atoms with Crippen molar-refractivity contribution in [3.05, 3.63) is 58.7 Å². The minimum Gasteiger partial charge on any atom is -0.491 e. The van der Waals surface area contributed by atoms with Gasteiger partial charge in [0.2, 0.25) is 0 Å². The molecule has 0 aromatic heterocycles. The van der Waals surface area contributed by atoms with Gasteiger partial charge in [-0.05, 0) is 84.8 Å². The predicted molar refractivity (Wildman–Crippen MR) is 143 cm³/mol. The molecule has 0 aliphatic carbocycles. The van der Waals surface area contributed by atoms with Gasteiger partial charge in [-0.2, -0.15) is 0 Å². The van der Waals surface area contributed by atoms with Crippen molar-refractivity contribution in [2.45, 2.75) is 66.6 Å². The first-order valence-electron chi connectivity index (χ1n) is 12.5. The molecular weight excluding hydrogens is 440 g/mol. The predicted octanol–water partition coefficient (Wildman–Crippen LogP) is 4.95. The molecule has 0 bridgehead atoms. The molecule has 6 heteroatoms. The number of ether oxygens (including phenoxy) is 3. The van der Waals surface area contributed by atoms with Crippen LogP contribution in [0, 0.1) is 27.7 Å². The van der Waals surface area contributed by atoms with Gasteiger partial charge in [0.1, 0.15) is 30.8 Å². The number of hydrogen-bond acceptors (Lipinski definition) is 6. The minimum absolute atomic E-state index is 0.0120. The molecule has 0 radical (unpaired) electrons. The van der Waals surface area contributed by atoms with Crippen LogP contribution in [0.25, 0.3) is 0 Å². The zero-order chi connectivity index (χ0) is 26.1. The van der Waals surface area contributed by atoms with Crippen molar-refractivity contribution >= 4 is 5.97 Å². The van der Waals surface area contributed by atoms with E-state index in [0.717, 1.165) is 33.8 Å². The molecule has 3 unspecified atom stereocenters. The van der Waals surface area contributed by atoms with E-state index in [4.69, 9.17) is 14.2 Å². The fourth-order valence-corrected chi connectivity index (χ4v) is 4.07. The number of hydrogen-bond donors (Lipinski definition) is 0. The molecule has 2 rings (SSSR count). The highest BCUT2D eigenvalue weighted by Crippen LogP contribution is 2.24. The van der Waals surface area contributed by atoms with Crippen LogP contribution < -0.4 is 9.47 Å². The van der Waals surface area contributed by atoms with E-state index in [0.29, 0.717) is 26.4 Å². The molecular formula is C29H44N2O4. The van der Waals surface area contributed by atoms with Crippen molar-refractivity contribution < 1.29 is 19.0 Å². The first-order chi connectivity index (χ1) is 16.6. The second-order valence-electron chi connectivity index (χ2n) is 9.63. The van der Waals surface area contributed by atoms with Crippen LogP contribution >= 0.6 is 0 Å². The van der Waals surface area contributed by atoms with Gasteiger partial charge in [0.05, 0.1) is 6.61 Å². The van der Waals surface area contributed by atoms with Crippen LogP contribution in [0.5, 0.6) is 11.5 Å². The monoisotopic (exact) mass is 484 g/mol. The topological polar surface area (TPSA) is 51.2 Å². The average molecular weight is 485 g/mol. The SMILES string of the molecule is CCOC(=O)C(CN(C)C(C)COc1c(C)cccc1C)N(C)C(C)COc1c(C)cccc1C. The highest BCUT2D eigenvalue weighted by Gasteiger charge is 2.30. The smallest absolute Gasteiger partial charge is 0.324 e. The van der Waals surface area contributed by atoms with Gasteiger partial charge < -0.3 is 14.2 Å². The summed E-state index contributed by atoms with van der Waals surface area (Å²) in [6.07, 6.45) is 0. The molecule has 35 heavy (non-hydrogen) atoms. The normalized spacial score (nSPS) is 14.0. The zero-order valence-corrected chi connectivity index (χ0v) is 23.1. The molecule has 2 aromatic rings. The molecule has 0 fully saturated rings. The first kappa shape index (κ1) is 28.7. The van der Waals surface area contributed by atoms with Crippen molar-refractivity contribution in [1.29, 1.82) is 0 Å². The largest absolute Gasteiger partial charge is 0.491 e. The standard InChI is InChI=1S/C29H44N2O4/c1-10-33-29(32)26(31(9)25(7)19-35-28-22(4)15-12-16-23(28)5)17-30(8)24(6)18-34-27-20(2)13-11-14-21(27)3/h11-16,24-26H,10,17-19H2,1-9H3. The van der Waals surface area contributed by atoms with E-state index in [1.807, 2.05) is 33.2 Å². The van der Waals surface area contributed by atoms with E-state index >= 15 is 0 Å². The zero-order valence-electron chi connectivity index (χ0n) is 23.1. The number of rotatable bonds is 13. The van der Waals surface area contributed by atoms with Crippen molar-refractivity contribution in [3.63, 3.8) is 0 Å². The maximum atomic E-state index is 12.9. The van der Waals surface area contributed by atoms with Crippen LogP contribution in [0.3, 0.4) is 0 Å². The maximum Gasteiger partial charge on any atom is 0.324 e. The van der Waals surface area contributed by atoms with Gasteiger partial charge in [0, 0.05) is 18.6 Å². The second-order valence-corrected chi connectivity index (χ2v) is 9.63. The molecule has 6 nitrogen and oxygen atoms in total. The van der Waals surface area contributed by atoms with E-state index in [1.165, 1.54) is 0 Å². The van der Waals surface area contributed by atoms with Gasteiger partial charge >= 0.3 is 5.97 Å². The fraction of sp³-hybridized carbons (Fsp3) is 0.552. The van der Waals surface area contributed by atoms with Crippen molar-refractivity contribution in [1.82, 2.24) is 9.80 Å². The first-order valence-corrected chi connectivity index (χ1v) is 12.5. The summed E-state index contributed by atoms with van der Waals surface area (Å²) in [5.41, 5.74) is 4.47. The number of carbonyl (C=O) groups is 1. The Morgan fingerprint density at radius 3 is 1.66 bits per heavy atom. The summed E-state index contributed by atoms with van der Waals surface area (Å²) in [7, 11) is 3.99. The molecule has 0 saturated carbocycles. The van der Waals surface area contributed by atoms with E-state index in [2.05, 4.69) is 75.6 Å². The van der Waals surface area contributed by atoms with Crippen LogP contribution in [-0.4, -0.2) is 74.4 Å². The highest BCUT2D eigenvalue weighted by atomic mass is 16.5. The molecule has 0 N–H and O–H groups in total. The lowest BCUT2D eigenvalue weighted by atomic mass is 10.1. The van der Waals surface area contributed by atoms with Gasteiger partial charge in [-0.25, -0.2) is 0 Å². The number of benzene rings is 2. The Morgan fingerprint density at radius 2 is 1.23 bits per heavy atom. The van der Waals surface area contributed by atoms with Crippen LogP contribution in [0.4, 0.5) is 0 Å². The lowest BCUT2D eigenvalue weighted by Crippen LogP contribution is -2.53. The maximum absolute atomic E-state index is 12.9. The minimum atomic E-state index is -0.417. The fourth-order valence-electron chi connectivity index (χ4n) is 4.07. The third kappa shape index (κ3) is 7.97. The average Bonchev–Trinajstić information content (AvgIpc) is 2.81. The van der Waals surface area contributed by atoms with Crippen molar-refractivity contribution in [3.8, 4) is 11.5 Å². The Kier molecular flexibility index (Phi) is 11.1. The molecule has 0 aliphatic rings. The summed E-state index contributed by atoms with van der Waals surface area (Å²) in [4.78, 5) is 17.1. The Bertz CT molecular complexity index is 921. The second kappa shape index (κ2) is 13.5. The number of aryl methyl sites for hydroxylation is 4. The van der Waals surface area contributed by atoms with Gasteiger partial charge in [0.25, 0.3) is 0 Å². The summed E-state index contributed by atoms with van der Waals surface area (Å²) >= 11 is 0. The van der Waals surface area contributed by atoms with Gasteiger partial charge in [-0.3, -0.25) is 14.6 Å². The van der Waals surface area contributed by atoms with Crippen LogP contribution in [0.1, 0.15) is 43.0 Å². The van der Waals surface area contributed by atoms with E-state index in [-0.39, 0.29) is 18.1 Å². The van der Waals surface area contributed by atoms with Crippen molar-refractivity contribution in [2.75, 3.05) is 40.5 Å². The Morgan fingerprint density at radius 1 is 0.800 bits per heavy atom. The van der Waals surface area contributed by atoms with Gasteiger partial charge in [-0.15, -0.1) is 0 Å². The van der Waals surface area contributed by atoms with Crippen LogP contribution in [-0.2, 0) is 9.53 Å². The third-order valence-corrected chi connectivity index (χ3v) is 6.71. The van der Waals surface area contributed by atoms with E-state index in [1.54, 1.807) is 0 Å². The summed E-state index contributed by atoms with van der Waals surface area (Å²) in [5, 5.41) is 0. The summed E-state index contributed by atoms with van der Waals surface area (Å²) in [6.45, 7) is 16.1. The molecule has 0 amide bonds. The number of nitrogens with zero attached hydrogens (tertiary/aromatic N) is 2. The van der Waals surface area contributed by atoms with Crippen molar-refractivity contribution in [2.24, 2.45) is 0 Å². The highest BCUT2D eigenvalue weighted by molar-refractivity contribution is 5.76. The summed E-state index contributed by atoms with van der Waals surface area (Å²) < 4.78 is 17.8. The molecule has 0 heterocycles. The number of esters is 1. The molecule has 2 aromatic carbocycles. The summed E-state index contributed by atoms with van der Waals surface area (Å²) in [6, 6.07) is 12.0. The lowest BCUT2D eigenvalue weighted by Gasteiger charge is -2.35. The molecule has 0 spiro atoms. The summed E-state index contributed by atoms with van der Waals surface area (Å²) in [5.74, 6) is 1.63. The molecule has 194 valence electrons. The quantitative estimate of drug-likeness (QED) is 0.375. The van der Waals surface area contributed by atoms with Crippen LogP contribution in [0.2, 0.25) is 0 Å². The van der Waals surface area contributed by atoms with E-state index < -0.39 is 6.04 Å². The number of carbonyl (C=O) groups excluding carboxylic acids is 1. The number of likely N-dealkylation sites (N-methyl/N-ethyl adjacent to an activating group) is 2. The van der Waals surface area contributed by atoms with E-state index in [9.17, 15) is 4.79 Å². The number of para-hydroxylation sites is 2. The van der Waals surface area contributed by atoms with Gasteiger partial charge in [-0.1, -0.05) is 36.4 Å². The Balaban J connectivity index is 2.04. The van der Waals surface area contributed by atoms with Crippen LogP contribution in [0.15, 0.2) is 36.4 Å².